The van der Waals surface area contributed by atoms with Gasteiger partial charge < -0.3 is 4.74 Å². The summed E-state index contributed by atoms with van der Waals surface area (Å²) in [5.74, 6) is 1.10. The lowest BCUT2D eigenvalue weighted by Gasteiger charge is -2.36. The van der Waals surface area contributed by atoms with Crippen molar-refractivity contribution in [3.63, 3.8) is 0 Å². The number of rotatable bonds is 0. The van der Waals surface area contributed by atoms with Crippen LogP contribution in [0.2, 0.25) is 0 Å². The van der Waals surface area contributed by atoms with E-state index in [4.69, 9.17) is 17.7 Å². The van der Waals surface area contributed by atoms with E-state index >= 15 is 0 Å². The highest BCUT2D eigenvalue weighted by Gasteiger charge is 2.44. The molecule has 1 unspecified atom stereocenters. The topological polar surface area (TPSA) is 63.6 Å². The van der Waals surface area contributed by atoms with Crippen molar-refractivity contribution in [2.24, 2.45) is 10.8 Å². The fraction of sp³-hybridized carbons (Fsp3) is 0.733. The van der Waals surface area contributed by atoms with Gasteiger partial charge in [0, 0.05) is 10.8 Å². The Balaban J connectivity index is 0.000000515. The van der Waals surface area contributed by atoms with Crippen LogP contribution in [-0.2, 0) is 14.9 Å². The molecule has 0 radical (unpaired) electrons. The van der Waals surface area contributed by atoms with Gasteiger partial charge in [0.1, 0.15) is 11.9 Å². The van der Waals surface area contributed by atoms with Gasteiger partial charge in [-0.2, -0.15) is 21.6 Å². The Morgan fingerprint density at radius 3 is 1.74 bits per heavy atom. The predicted octanol–water partition coefficient (Wildman–Crippen LogP) is 4.70. The number of alkyl halides is 3. The van der Waals surface area contributed by atoms with Crippen molar-refractivity contribution in [2.75, 3.05) is 0 Å². The van der Waals surface area contributed by atoms with Crippen LogP contribution in [-0.4, -0.2) is 24.6 Å². The monoisotopic (exact) mass is 358 g/mol. The van der Waals surface area contributed by atoms with Gasteiger partial charge in [-0.05, 0) is 24.6 Å². The molecule has 23 heavy (non-hydrogen) atoms. The van der Waals surface area contributed by atoms with E-state index in [1.54, 1.807) is 0 Å². The number of allylic oxidation sites excluding steroid dienone is 3. The van der Waals surface area contributed by atoms with Gasteiger partial charge in [-0.15, -0.1) is 0 Å². The third-order valence-electron chi connectivity index (χ3n) is 2.91. The molecule has 0 saturated heterocycles. The first-order chi connectivity index (χ1) is 9.85. The van der Waals surface area contributed by atoms with Crippen molar-refractivity contribution in [3.05, 3.63) is 23.5 Å². The third kappa shape index (κ3) is 7.39. The molecule has 0 aromatic heterocycles. The molecule has 0 aromatic rings. The number of halogens is 3. The predicted molar refractivity (Wildman–Crippen MR) is 83.2 cm³/mol. The van der Waals surface area contributed by atoms with Gasteiger partial charge in [-0.3, -0.25) is 4.55 Å². The van der Waals surface area contributed by atoms with Gasteiger partial charge >= 0.3 is 15.6 Å². The molecule has 0 fully saturated rings. The highest BCUT2D eigenvalue weighted by molar-refractivity contribution is 7.86. The van der Waals surface area contributed by atoms with Crippen LogP contribution in [0, 0.1) is 10.8 Å². The molecule has 0 saturated carbocycles. The first-order valence-corrected chi connectivity index (χ1v) is 8.40. The average molecular weight is 358 g/mol. The Kier molecular flexibility index (Phi) is 6.54. The molecule has 0 aliphatic carbocycles. The Hall–Kier alpha value is -1.02. The summed E-state index contributed by atoms with van der Waals surface area (Å²) in [6.45, 7) is 15.4. The molecule has 1 atom stereocenters. The standard InChI is InChI=1S/C14H24O.CHF3O3S/c1-10-8-11(13(2,3)4)15-12(9-10)14(5,6)7;2-1(3,4)8(5,6)7/h8-9,11H,1-7H3;(H,5,6,7). The van der Waals surface area contributed by atoms with Crippen molar-refractivity contribution in [2.45, 2.75) is 60.1 Å². The molecular weight excluding hydrogens is 333 g/mol. The third-order valence-corrected chi connectivity index (χ3v) is 3.50. The minimum Gasteiger partial charge on any atom is -0.490 e. The minimum absolute atomic E-state index is 0.0963. The fourth-order valence-corrected chi connectivity index (χ4v) is 1.52. The molecule has 1 aliphatic rings. The van der Waals surface area contributed by atoms with E-state index in [0.717, 1.165) is 5.76 Å². The Labute approximate surface area is 136 Å². The van der Waals surface area contributed by atoms with Crippen LogP contribution in [0.15, 0.2) is 23.5 Å². The first kappa shape index (κ1) is 22.0. The van der Waals surface area contributed by atoms with Crippen LogP contribution >= 0.6 is 0 Å². The van der Waals surface area contributed by atoms with Crippen molar-refractivity contribution in [1.29, 1.82) is 0 Å². The van der Waals surface area contributed by atoms with Crippen LogP contribution in [0.4, 0.5) is 13.2 Å². The lowest BCUT2D eigenvalue weighted by molar-refractivity contribution is -0.0510. The van der Waals surface area contributed by atoms with Crippen LogP contribution in [0.1, 0.15) is 48.5 Å². The second kappa shape index (κ2) is 6.84. The van der Waals surface area contributed by atoms with E-state index in [1.165, 1.54) is 5.57 Å². The summed E-state index contributed by atoms with van der Waals surface area (Å²) in [5, 5.41) is 0. The lowest BCUT2D eigenvalue weighted by Crippen LogP contribution is -2.31. The Morgan fingerprint density at radius 2 is 1.48 bits per heavy atom. The van der Waals surface area contributed by atoms with E-state index < -0.39 is 15.6 Å². The number of ether oxygens (including phenoxy) is 1. The molecular formula is C15H25F3O4S. The normalized spacial score (nSPS) is 19.9. The Morgan fingerprint density at radius 1 is 1.09 bits per heavy atom. The van der Waals surface area contributed by atoms with Crippen LogP contribution < -0.4 is 0 Å². The SMILES string of the molecule is CC1=CC(C(C)(C)C)OC(C(C)(C)C)=C1.O=S(=O)(O)C(F)(F)F. The highest BCUT2D eigenvalue weighted by Crippen LogP contribution is 2.36. The van der Waals surface area contributed by atoms with Crippen LogP contribution in [0.5, 0.6) is 0 Å². The van der Waals surface area contributed by atoms with E-state index in [9.17, 15) is 13.2 Å². The van der Waals surface area contributed by atoms with Gasteiger partial charge in [-0.1, -0.05) is 41.5 Å². The van der Waals surface area contributed by atoms with Crippen molar-refractivity contribution < 1.29 is 30.9 Å². The van der Waals surface area contributed by atoms with Gasteiger partial charge in [0.15, 0.2) is 0 Å². The molecule has 0 spiro atoms. The summed E-state index contributed by atoms with van der Waals surface area (Å²) in [4.78, 5) is 0. The number of hydrogen-bond acceptors (Lipinski definition) is 3. The van der Waals surface area contributed by atoms with Gasteiger partial charge in [-0.25, -0.2) is 0 Å². The Bertz CT molecular complexity index is 573. The summed E-state index contributed by atoms with van der Waals surface area (Å²) in [5.41, 5.74) is -3.97. The van der Waals surface area contributed by atoms with E-state index in [-0.39, 0.29) is 16.9 Å². The molecule has 0 amide bonds. The largest absolute Gasteiger partial charge is 0.522 e. The highest BCUT2D eigenvalue weighted by atomic mass is 32.2. The van der Waals surface area contributed by atoms with E-state index in [1.807, 2.05) is 0 Å². The molecule has 0 aromatic carbocycles. The number of hydrogen-bond donors (Lipinski definition) is 1. The summed E-state index contributed by atoms with van der Waals surface area (Å²) >= 11 is 0. The molecule has 1 aliphatic heterocycles. The van der Waals surface area contributed by atoms with Crippen LogP contribution in [0.25, 0.3) is 0 Å². The van der Waals surface area contributed by atoms with E-state index in [2.05, 4.69) is 60.6 Å². The maximum Gasteiger partial charge on any atom is 0.522 e. The molecule has 1 heterocycles. The second-order valence-electron chi connectivity index (χ2n) is 7.49. The summed E-state index contributed by atoms with van der Waals surface area (Å²) in [6, 6.07) is 0. The summed E-state index contributed by atoms with van der Waals surface area (Å²) in [6.07, 6.45) is 4.56. The van der Waals surface area contributed by atoms with Crippen molar-refractivity contribution in [3.8, 4) is 0 Å². The maximum absolute atomic E-state index is 10.7. The van der Waals surface area contributed by atoms with Crippen molar-refractivity contribution >= 4 is 10.1 Å². The molecule has 1 rings (SSSR count). The summed E-state index contributed by atoms with van der Waals surface area (Å²) in [7, 11) is -5.84. The van der Waals surface area contributed by atoms with Gasteiger partial charge in [0.05, 0.1) is 0 Å². The zero-order valence-corrected chi connectivity index (χ0v) is 15.3. The zero-order valence-electron chi connectivity index (χ0n) is 14.4. The molecule has 4 nitrogen and oxygen atoms in total. The van der Waals surface area contributed by atoms with E-state index in [0.29, 0.717) is 0 Å². The molecule has 0 bridgehead atoms. The maximum atomic E-state index is 10.7. The molecule has 8 heteroatoms. The molecule has 1 N–H and O–H groups in total. The minimum atomic E-state index is -5.84. The van der Waals surface area contributed by atoms with Gasteiger partial charge in [0.25, 0.3) is 0 Å². The first-order valence-electron chi connectivity index (χ1n) is 6.96. The van der Waals surface area contributed by atoms with Crippen LogP contribution in [0.3, 0.4) is 0 Å². The van der Waals surface area contributed by atoms with Gasteiger partial charge in [0.2, 0.25) is 0 Å². The quantitative estimate of drug-likeness (QED) is 0.503. The fourth-order valence-electron chi connectivity index (χ4n) is 1.52. The molecule has 136 valence electrons. The summed E-state index contributed by atoms with van der Waals surface area (Å²) < 4.78 is 63.6. The second-order valence-corrected chi connectivity index (χ2v) is 8.91. The zero-order chi connectivity index (χ0) is 18.9. The smallest absolute Gasteiger partial charge is 0.490 e. The average Bonchev–Trinajstić information content (AvgIpc) is 2.23. The van der Waals surface area contributed by atoms with Crippen molar-refractivity contribution in [1.82, 2.24) is 0 Å². The lowest BCUT2D eigenvalue weighted by atomic mass is 9.84.